The van der Waals surface area contributed by atoms with Crippen LogP contribution in [0.4, 0.5) is 11.6 Å². The molecule has 1 aromatic carbocycles. The Hall–Kier alpha value is -7.18. The highest BCUT2D eigenvalue weighted by Gasteiger charge is 2.32. The molecule has 0 spiro atoms. The average Bonchev–Trinajstić information content (AvgIpc) is 3.99. The van der Waals surface area contributed by atoms with Gasteiger partial charge in [-0.3, -0.25) is 19.2 Å². The number of likely N-dealkylation sites (N-methyl/N-ethyl adjacent to an activating group) is 2. The van der Waals surface area contributed by atoms with Gasteiger partial charge < -0.3 is 51.1 Å². The second-order valence-electron chi connectivity index (χ2n) is 15.0. The van der Waals surface area contributed by atoms with Crippen LogP contribution in [0, 0.1) is 0 Å². The molecule has 7 heterocycles. The minimum Gasteiger partial charge on any atom is -0.490 e. The van der Waals surface area contributed by atoms with Gasteiger partial charge in [0, 0.05) is 74.9 Å². The number of anilines is 2. The first kappa shape index (κ1) is 42.0. The standard InChI is InChI=1S/C24H26N6O3.C19H23N7O2/c1-4-22(31)28-20-13-15(5-6-21(20)33-12-11-30(2)3)23-25-9-8-18(29-23)19-14-16-17(27-19)7-10-26-24(16)32;1-3-17(27)23-15-9-26(2)10-16(15)25-19-21-7-5-13(24-19)14-8-11-12(22-14)4-6-20-18(11)28/h4-6,8-9,13-14,27H,1,7,10-12H2,2-3H3,(H,26,32)(H,28,31);3,5,7-8,15-16,22H,1,4,6,9-10H2,2H3,(H,20,28)(H,23,27)(H,21,24,25). The van der Waals surface area contributed by atoms with Crippen molar-refractivity contribution in [3.63, 3.8) is 0 Å². The summed E-state index contributed by atoms with van der Waals surface area (Å²) in [5, 5.41) is 14.7. The van der Waals surface area contributed by atoms with Gasteiger partial charge in [-0.1, -0.05) is 13.2 Å². The molecule has 3 aliphatic heterocycles. The highest BCUT2D eigenvalue weighted by molar-refractivity contribution is 6.00. The third-order valence-corrected chi connectivity index (χ3v) is 10.3. The lowest BCUT2D eigenvalue weighted by molar-refractivity contribution is -0.117. The fraction of sp³-hybridized carbons (Fsp3) is 0.302. The number of nitrogens with one attached hydrogen (secondary N) is 7. The molecule has 316 valence electrons. The number of aromatic nitrogens is 6. The van der Waals surface area contributed by atoms with E-state index in [1.54, 1.807) is 36.7 Å². The Kier molecular flexibility index (Phi) is 12.9. The van der Waals surface area contributed by atoms with E-state index in [4.69, 9.17) is 4.74 Å². The van der Waals surface area contributed by atoms with Crippen molar-refractivity contribution in [1.82, 2.24) is 55.7 Å². The van der Waals surface area contributed by atoms with Crippen LogP contribution in [0.15, 0.2) is 80.2 Å². The largest absolute Gasteiger partial charge is 0.490 e. The van der Waals surface area contributed by atoms with Crippen LogP contribution < -0.4 is 31.3 Å². The summed E-state index contributed by atoms with van der Waals surface area (Å²) in [5.74, 6) is 0.833. The minimum atomic E-state index is -0.338. The van der Waals surface area contributed by atoms with E-state index in [0.717, 1.165) is 55.3 Å². The number of ether oxygens (including phenoxy) is 1. The number of nitrogens with zero attached hydrogens (tertiary/aromatic N) is 6. The number of carbonyl (C=O) groups is 4. The van der Waals surface area contributed by atoms with Gasteiger partial charge in [0.15, 0.2) is 5.82 Å². The number of likely N-dealkylation sites (tertiary alicyclic amines) is 1. The summed E-state index contributed by atoms with van der Waals surface area (Å²) >= 11 is 0. The molecule has 0 saturated carbocycles. The monoisotopic (exact) mass is 827 g/mol. The zero-order valence-electron chi connectivity index (χ0n) is 34.3. The van der Waals surface area contributed by atoms with E-state index in [-0.39, 0.29) is 35.7 Å². The predicted molar refractivity (Wildman–Crippen MR) is 231 cm³/mol. The van der Waals surface area contributed by atoms with E-state index in [1.165, 1.54) is 12.2 Å². The fourth-order valence-corrected chi connectivity index (χ4v) is 7.20. The van der Waals surface area contributed by atoms with Crippen LogP contribution in [0.5, 0.6) is 5.75 Å². The molecule has 0 radical (unpaired) electrons. The molecule has 61 heavy (non-hydrogen) atoms. The Morgan fingerprint density at radius 3 is 2.10 bits per heavy atom. The van der Waals surface area contributed by atoms with Crippen molar-refractivity contribution in [2.75, 3.05) is 71.1 Å². The molecule has 2 unspecified atom stereocenters. The second kappa shape index (κ2) is 18.8. The zero-order chi connectivity index (χ0) is 43.0. The molecule has 2 atom stereocenters. The molecule has 5 aromatic rings. The molecule has 0 bridgehead atoms. The smallest absolute Gasteiger partial charge is 0.253 e. The van der Waals surface area contributed by atoms with Crippen molar-refractivity contribution < 1.29 is 23.9 Å². The summed E-state index contributed by atoms with van der Waals surface area (Å²) in [6.07, 6.45) is 7.35. The summed E-state index contributed by atoms with van der Waals surface area (Å²) in [7, 11) is 5.93. The third kappa shape index (κ3) is 10.2. The molecular formula is C43H49N13O5. The average molecular weight is 828 g/mol. The number of hydrogen-bond acceptors (Lipinski definition) is 12. The van der Waals surface area contributed by atoms with E-state index in [1.807, 2.05) is 44.2 Å². The quantitative estimate of drug-likeness (QED) is 0.0851. The summed E-state index contributed by atoms with van der Waals surface area (Å²) < 4.78 is 5.86. The normalized spacial score (nSPS) is 16.9. The lowest BCUT2D eigenvalue weighted by Gasteiger charge is -2.20. The summed E-state index contributed by atoms with van der Waals surface area (Å²) in [5.41, 5.74) is 7.28. The fourth-order valence-electron chi connectivity index (χ4n) is 7.20. The minimum absolute atomic E-state index is 0.0215. The van der Waals surface area contributed by atoms with Crippen LogP contribution in [0.3, 0.4) is 0 Å². The van der Waals surface area contributed by atoms with Crippen molar-refractivity contribution in [2.24, 2.45) is 0 Å². The molecule has 18 heteroatoms. The Balaban J connectivity index is 0.000000186. The molecule has 0 aliphatic carbocycles. The van der Waals surface area contributed by atoms with Gasteiger partial charge in [-0.15, -0.1) is 0 Å². The Bertz CT molecular complexity index is 2460. The Labute approximate surface area is 352 Å². The van der Waals surface area contributed by atoms with Crippen LogP contribution in [-0.2, 0) is 22.4 Å². The number of benzene rings is 1. The first-order chi connectivity index (χ1) is 29.5. The number of rotatable bonds is 13. The molecule has 7 N–H and O–H groups in total. The van der Waals surface area contributed by atoms with Crippen LogP contribution in [0.25, 0.3) is 34.2 Å². The van der Waals surface area contributed by atoms with Gasteiger partial charge >= 0.3 is 0 Å². The maximum absolute atomic E-state index is 12.1. The predicted octanol–water partition coefficient (Wildman–Crippen LogP) is 2.64. The van der Waals surface area contributed by atoms with E-state index >= 15 is 0 Å². The number of fused-ring (bicyclic) bond motifs is 2. The molecule has 3 aliphatic rings. The first-order valence-electron chi connectivity index (χ1n) is 19.9. The Morgan fingerprint density at radius 1 is 0.852 bits per heavy atom. The number of carbonyl (C=O) groups excluding carboxylic acids is 4. The zero-order valence-corrected chi connectivity index (χ0v) is 34.3. The van der Waals surface area contributed by atoms with Gasteiger partial charge in [0.1, 0.15) is 12.4 Å². The van der Waals surface area contributed by atoms with Gasteiger partial charge in [-0.25, -0.2) is 19.9 Å². The number of H-pyrrole nitrogens is 2. The second-order valence-corrected chi connectivity index (χ2v) is 15.0. The van der Waals surface area contributed by atoms with Crippen molar-refractivity contribution in [3.05, 3.63) is 103 Å². The van der Waals surface area contributed by atoms with Crippen molar-refractivity contribution in [2.45, 2.75) is 24.9 Å². The van der Waals surface area contributed by atoms with Crippen LogP contribution in [-0.4, -0.2) is 136 Å². The molecule has 4 amide bonds. The first-order valence-corrected chi connectivity index (χ1v) is 19.9. The third-order valence-electron chi connectivity index (χ3n) is 10.3. The lowest BCUT2D eigenvalue weighted by Crippen LogP contribution is -2.45. The molecular weight excluding hydrogens is 779 g/mol. The van der Waals surface area contributed by atoms with Gasteiger partial charge in [-0.2, -0.15) is 0 Å². The number of hydrogen-bond donors (Lipinski definition) is 7. The molecule has 4 aromatic heterocycles. The van der Waals surface area contributed by atoms with Crippen LogP contribution in [0.2, 0.25) is 0 Å². The lowest BCUT2D eigenvalue weighted by atomic mass is 10.1. The summed E-state index contributed by atoms with van der Waals surface area (Å²) in [6, 6.07) is 12.6. The number of aromatic amines is 2. The van der Waals surface area contributed by atoms with E-state index in [0.29, 0.717) is 71.0 Å². The molecule has 1 saturated heterocycles. The topological polar surface area (TPSA) is 227 Å². The van der Waals surface area contributed by atoms with Crippen LogP contribution >= 0.6 is 0 Å². The molecule has 8 rings (SSSR count). The van der Waals surface area contributed by atoms with Crippen LogP contribution in [0.1, 0.15) is 32.1 Å². The van der Waals surface area contributed by atoms with Crippen molar-refractivity contribution in [1.29, 1.82) is 0 Å². The van der Waals surface area contributed by atoms with Crippen molar-refractivity contribution >= 4 is 35.3 Å². The van der Waals surface area contributed by atoms with Gasteiger partial charge in [0.25, 0.3) is 11.8 Å². The highest BCUT2D eigenvalue weighted by Crippen LogP contribution is 2.31. The van der Waals surface area contributed by atoms with Gasteiger partial charge in [0.2, 0.25) is 17.8 Å². The van der Waals surface area contributed by atoms with E-state index in [9.17, 15) is 19.2 Å². The molecule has 1 fully saturated rings. The maximum atomic E-state index is 12.1. The molecule has 18 nitrogen and oxygen atoms in total. The van der Waals surface area contributed by atoms with Crippen molar-refractivity contribution in [3.8, 4) is 39.9 Å². The highest BCUT2D eigenvalue weighted by atomic mass is 16.5. The van der Waals surface area contributed by atoms with Gasteiger partial charge in [-0.05, 0) is 75.8 Å². The maximum Gasteiger partial charge on any atom is 0.253 e. The van der Waals surface area contributed by atoms with E-state index < -0.39 is 0 Å². The Morgan fingerprint density at radius 2 is 1.48 bits per heavy atom. The SMILES string of the molecule is C=CC(=O)NC1CN(C)CC1Nc1nccc(-c2cc3c([nH]2)CCNC3=O)n1.C=CC(=O)Nc1cc(-c2nccc(-c3cc4c([nH]3)CCNC4=O)n2)ccc1OCCN(C)C. The number of amides is 4. The summed E-state index contributed by atoms with van der Waals surface area (Å²) in [6.45, 7) is 11.0. The summed E-state index contributed by atoms with van der Waals surface area (Å²) in [4.78, 5) is 76.5. The van der Waals surface area contributed by atoms with E-state index in [2.05, 4.69) is 74.5 Å². The van der Waals surface area contributed by atoms with Gasteiger partial charge in [0.05, 0.1) is 51.7 Å².